The van der Waals surface area contributed by atoms with Gasteiger partial charge in [-0.2, -0.15) is 4.98 Å². The zero-order valence-corrected chi connectivity index (χ0v) is 17.4. The van der Waals surface area contributed by atoms with Gasteiger partial charge in [0, 0.05) is 25.0 Å². The number of nitrogens with zero attached hydrogens (tertiary/aromatic N) is 3. The second kappa shape index (κ2) is 8.48. The van der Waals surface area contributed by atoms with E-state index < -0.39 is 10.0 Å². The van der Waals surface area contributed by atoms with Gasteiger partial charge in [-0.25, -0.2) is 12.7 Å². The van der Waals surface area contributed by atoms with Crippen molar-refractivity contribution in [3.05, 3.63) is 58.3 Å². The average Bonchev–Trinajstić information content (AvgIpc) is 3.15. The predicted molar refractivity (Wildman–Crippen MR) is 106 cm³/mol. The third-order valence-electron chi connectivity index (χ3n) is 4.04. The average molecular weight is 442 g/mol. The van der Waals surface area contributed by atoms with Gasteiger partial charge in [0.25, 0.3) is 5.89 Å². The van der Waals surface area contributed by atoms with E-state index in [-0.39, 0.29) is 29.5 Å². The summed E-state index contributed by atoms with van der Waals surface area (Å²) in [7, 11) is -0.946. The van der Waals surface area contributed by atoms with Gasteiger partial charge in [-0.05, 0) is 30.3 Å². The molecule has 28 heavy (non-hydrogen) atoms. The van der Waals surface area contributed by atoms with Crippen molar-refractivity contribution in [3.63, 3.8) is 0 Å². The van der Waals surface area contributed by atoms with Crippen LogP contribution in [0.5, 0.6) is 5.75 Å². The number of sulfonamides is 1. The number of likely N-dealkylation sites (N-methyl/N-ethyl adjacent to an activating group) is 1. The van der Waals surface area contributed by atoms with E-state index in [0.29, 0.717) is 21.4 Å². The molecule has 0 fully saturated rings. The van der Waals surface area contributed by atoms with Crippen molar-refractivity contribution in [2.24, 2.45) is 0 Å². The first-order valence-corrected chi connectivity index (χ1v) is 10.4. The molecule has 0 bridgehead atoms. The Hall–Kier alpha value is -2.13. The minimum Gasteiger partial charge on any atom is -0.495 e. The van der Waals surface area contributed by atoms with E-state index in [2.05, 4.69) is 10.1 Å². The van der Waals surface area contributed by atoms with Crippen molar-refractivity contribution >= 4 is 33.2 Å². The number of hydrogen-bond acceptors (Lipinski definition) is 6. The first kappa shape index (κ1) is 20.6. The van der Waals surface area contributed by atoms with Crippen LogP contribution < -0.4 is 4.74 Å². The Morgan fingerprint density at radius 2 is 1.93 bits per heavy atom. The molecule has 0 atom stereocenters. The first-order valence-electron chi connectivity index (χ1n) is 8.20. The van der Waals surface area contributed by atoms with E-state index in [4.69, 9.17) is 32.5 Å². The van der Waals surface area contributed by atoms with Crippen LogP contribution in [0.15, 0.2) is 51.9 Å². The van der Waals surface area contributed by atoms with Crippen molar-refractivity contribution in [3.8, 4) is 17.2 Å². The van der Waals surface area contributed by atoms with Crippen LogP contribution in [0.25, 0.3) is 11.5 Å². The third-order valence-corrected chi connectivity index (χ3v) is 6.48. The quantitative estimate of drug-likeness (QED) is 0.552. The van der Waals surface area contributed by atoms with Gasteiger partial charge in [-0.1, -0.05) is 40.5 Å². The molecule has 7 nitrogen and oxygen atoms in total. The highest BCUT2D eigenvalue weighted by molar-refractivity contribution is 7.89. The van der Waals surface area contributed by atoms with E-state index in [1.807, 2.05) is 6.07 Å². The summed E-state index contributed by atoms with van der Waals surface area (Å²) in [6, 6.07) is 11.5. The molecule has 0 aliphatic rings. The van der Waals surface area contributed by atoms with Crippen LogP contribution in [-0.2, 0) is 16.4 Å². The number of methoxy groups -OCH3 is 1. The van der Waals surface area contributed by atoms with Crippen molar-refractivity contribution in [1.82, 2.24) is 14.4 Å². The highest BCUT2D eigenvalue weighted by Crippen LogP contribution is 2.29. The minimum absolute atomic E-state index is 0.00475. The molecule has 0 aliphatic carbocycles. The van der Waals surface area contributed by atoms with Crippen molar-refractivity contribution in [2.45, 2.75) is 11.3 Å². The Bertz CT molecular complexity index is 1090. The Labute approximate surface area is 172 Å². The summed E-state index contributed by atoms with van der Waals surface area (Å²) in [4.78, 5) is 4.28. The van der Waals surface area contributed by atoms with Crippen LogP contribution in [0.3, 0.4) is 0 Å². The Balaban J connectivity index is 1.75. The van der Waals surface area contributed by atoms with Crippen LogP contribution in [0.4, 0.5) is 0 Å². The lowest BCUT2D eigenvalue weighted by Crippen LogP contribution is -2.29. The summed E-state index contributed by atoms with van der Waals surface area (Å²) in [6.45, 7) is 0.138. The van der Waals surface area contributed by atoms with Gasteiger partial charge in [-0.15, -0.1) is 0 Å². The van der Waals surface area contributed by atoms with E-state index >= 15 is 0 Å². The summed E-state index contributed by atoms with van der Waals surface area (Å²) < 4.78 is 37.3. The number of ether oxygens (including phenoxy) is 1. The minimum atomic E-state index is -3.81. The zero-order valence-electron chi connectivity index (χ0n) is 15.1. The predicted octanol–water partition coefficient (Wildman–Crippen LogP) is 3.92. The van der Waals surface area contributed by atoms with Gasteiger partial charge in [0.05, 0.1) is 17.7 Å². The lowest BCUT2D eigenvalue weighted by molar-refractivity contribution is 0.396. The number of benzene rings is 2. The van der Waals surface area contributed by atoms with Crippen LogP contribution in [0, 0.1) is 0 Å². The van der Waals surface area contributed by atoms with Crippen LogP contribution in [0.2, 0.25) is 10.0 Å². The maximum atomic E-state index is 12.9. The SMILES string of the molecule is COc1ccc(Cl)cc1S(=O)(=O)N(C)CCc1noc(-c2ccccc2Cl)n1. The number of aromatic nitrogens is 2. The molecule has 0 spiro atoms. The summed E-state index contributed by atoms with van der Waals surface area (Å²) >= 11 is 12.1. The lowest BCUT2D eigenvalue weighted by Gasteiger charge is -2.18. The molecular formula is C18H17Cl2N3O4S. The van der Waals surface area contributed by atoms with Gasteiger partial charge in [0.1, 0.15) is 10.6 Å². The fourth-order valence-corrected chi connectivity index (χ4v) is 4.30. The van der Waals surface area contributed by atoms with Crippen molar-refractivity contribution < 1.29 is 17.7 Å². The highest BCUT2D eigenvalue weighted by Gasteiger charge is 2.25. The van der Waals surface area contributed by atoms with E-state index in [9.17, 15) is 8.42 Å². The molecular weight excluding hydrogens is 425 g/mol. The molecule has 1 aromatic heterocycles. The van der Waals surface area contributed by atoms with Crippen LogP contribution in [0.1, 0.15) is 5.82 Å². The first-order chi connectivity index (χ1) is 13.3. The van der Waals surface area contributed by atoms with Crippen molar-refractivity contribution in [2.75, 3.05) is 20.7 Å². The van der Waals surface area contributed by atoms with Gasteiger partial charge < -0.3 is 9.26 Å². The summed E-state index contributed by atoms with van der Waals surface area (Å²) in [5.74, 6) is 0.870. The monoisotopic (exact) mass is 441 g/mol. The Morgan fingerprint density at radius 3 is 2.64 bits per heavy atom. The van der Waals surface area contributed by atoms with Crippen molar-refractivity contribution in [1.29, 1.82) is 0 Å². The van der Waals surface area contributed by atoms with Crippen LogP contribution >= 0.6 is 23.2 Å². The topological polar surface area (TPSA) is 85.5 Å². The molecule has 0 N–H and O–H groups in total. The van der Waals surface area contributed by atoms with Gasteiger partial charge in [0.2, 0.25) is 10.0 Å². The normalized spacial score (nSPS) is 11.8. The fourth-order valence-electron chi connectivity index (χ4n) is 2.50. The van der Waals surface area contributed by atoms with E-state index in [0.717, 1.165) is 0 Å². The molecule has 0 saturated carbocycles. The molecule has 148 valence electrons. The molecule has 3 rings (SSSR count). The number of halogens is 2. The third kappa shape index (κ3) is 4.30. The molecule has 3 aromatic rings. The molecule has 2 aromatic carbocycles. The molecule has 0 unspecified atom stereocenters. The highest BCUT2D eigenvalue weighted by atomic mass is 35.5. The fraction of sp³-hybridized carbons (Fsp3) is 0.222. The smallest absolute Gasteiger partial charge is 0.259 e. The largest absolute Gasteiger partial charge is 0.495 e. The molecule has 0 radical (unpaired) electrons. The summed E-state index contributed by atoms with van der Waals surface area (Å²) in [5.41, 5.74) is 0.618. The van der Waals surface area contributed by atoms with Crippen LogP contribution in [-0.4, -0.2) is 43.6 Å². The summed E-state index contributed by atoms with van der Waals surface area (Å²) in [6.07, 6.45) is 0.257. The number of hydrogen-bond donors (Lipinski definition) is 0. The lowest BCUT2D eigenvalue weighted by atomic mass is 10.2. The molecule has 0 amide bonds. The Morgan fingerprint density at radius 1 is 1.18 bits per heavy atom. The van der Waals surface area contributed by atoms with Gasteiger partial charge in [-0.3, -0.25) is 0 Å². The molecule has 0 aliphatic heterocycles. The van der Waals surface area contributed by atoms with Gasteiger partial charge >= 0.3 is 0 Å². The second-order valence-corrected chi connectivity index (χ2v) is 8.72. The molecule has 10 heteroatoms. The summed E-state index contributed by atoms with van der Waals surface area (Å²) in [5, 5.41) is 4.69. The second-order valence-electron chi connectivity index (χ2n) is 5.87. The van der Waals surface area contributed by atoms with Gasteiger partial charge in [0.15, 0.2) is 5.82 Å². The maximum Gasteiger partial charge on any atom is 0.259 e. The number of rotatable bonds is 7. The molecule has 0 saturated heterocycles. The van der Waals surface area contributed by atoms with E-state index in [1.54, 1.807) is 24.3 Å². The standard InChI is InChI=1S/C18H17Cl2N3O4S/c1-23(28(24,25)16-11-12(19)7-8-15(16)26-2)10-9-17-21-18(27-22-17)13-5-3-4-6-14(13)20/h3-8,11H,9-10H2,1-2H3. The maximum absolute atomic E-state index is 12.9. The Kier molecular flexibility index (Phi) is 6.24. The molecule has 1 heterocycles. The van der Waals surface area contributed by atoms with E-state index in [1.165, 1.54) is 30.6 Å². The zero-order chi connectivity index (χ0) is 20.3.